The van der Waals surface area contributed by atoms with Gasteiger partial charge < -0.3 is 15.2 Å². The Balaban J connectivity index is 0.00000192. The third-order valence-corrected chi connectivity index (χ3v) is 4.40. The van der Waals surface area contributed by atoms with E-state index in [-0.39, 0.29) is 24.0 Å². The minimum atomic E-state index is 0. The van der Waals surface area contributed by atoms with E-state index in [1.54, 1.807) is 0 Å². The van der Waals surface area contributed by atoms with E-state index in [2.05, 4.69) is 64.4 Å². The van der Waals surface area contributed by atoms with Crippen molar-refractivity contribution < 1.29 is 0 Å². The smallest absolute Gasteiger partial charge is 0.193 e. The molecule has 4 nitrogen and oxygen atoms in total. The minimum absolute atomic E-state index is 0. The van der Waals surface area contributed by atoms with Crippen LogP contribution in [0.5, 0.6) is 0 Å². The Morgan fingerprint density at radius 3 is 2.61 bits per heavy atom. The van der Waals surface area contributed by atoms with Gasteiger partial charge in [0.2, 0.25) is 0 Å². The number of nitrogens with zero attached hydrogens (tertiary/aromatic N) is 2. The summed E-state index contributed by atoms with van der Waals surface area (Å²) < 4.78 is 0. The number of piperidine rings is 1. The normalized spacial score (nSPS) is 22.0. The minimum Gasteiger partial charge on any atom is -0.357 e. The van der Waals surface area contributed by atoms with E-state index in [1.807, 2.05) is 7.05 Å². The molecule has 0 aliphatic carbocycles. The molecule has 2 heterocycles. The maximum Gasteiger partial charge on any atom is 0.193 e. The zero-order valence-corrected chi connectivity index (χ0v) is 16.5. The molecule has 0 radical (unpaired) electrons. The summed E-state index contributed by atoms with van der Waals surface area (Å²) in [5, 5.41) is 4.76. The summed E-state index contributed by atoms with van der Waals surface area (Å²) in [6.07, 6.45) is 1.31. The van der Waals surface area contributed by atoms with Crippen molar-refractivity contribution in [2.45, 2.75) is 26.8 Å². The second-order valence-electron chi connectivity index (χ2n) is 6.63. The first-order valence-electron chi connectivity index (χ1n) is 8.18. The van der Waals surface area contributed by atoms with E-state index >= 15 is 0 Å². The molecule has 23 heavy (non-hydrogen) atoms. The van der Waals surface area contributed by atoms with Gasteiger partial charge in [-0.2, -0.15) is 0 Å². The SMILES string of the molecule is CN=C(NCc1cc2ccccc2[nH]1)N1CC(C)CC(C)C1.I. The summed E-state index contributed by atoms with van der Waals surface area (Å²) >= 11 is 0. The van der Waals surface area contributed by atoms with E-state index in [1.165, 1.54) is 23.0 Å². The third kappa shape index (κ3) is 4.40. The van der Waals surface area contributed by atoms with Gasteiger partial charge in [0.25, 0.3) is 0 Å². The van der Waals surface area contributed by atoms with Crippen molar-refractivity contribution in [3.63, 3.8) is 0 Å². The summed E-state index contributed by atoms with van der Waals surface area (Å²) in [5.41, 5.74) is 2.38. The van der Waals surface area contributed by atoms with Crippen LogP contribution in [0.2, 0.25) is 0 Å². The summed E-state index contributed by atoms with van der Waals surface area (Å²) in [6.45, 7) is 7.62. The zero-order chi connectivity index (χ0) is 15.5. The van der Waals surface area contributed by atoms with Crippen LogP contribution in [-0.2, 0) is 6.54 Å². The van der Waals surface area contributed by atoms with Crippen LogP contribution in [0.1, 0.15) is 26.0 Å². The molecule has 1 saturated heterocycles. The number of fused-ring (bicyclic) bond motifs is 1. The van der Waals surface area contributed by atoms with Crippen molar-refractivity contribution in [3.05, 3.63) is 36.0 Å². The molecule has 0 spiro atoms. The number of guanidine groups is 1. The van der Waals surface area contributed by atoms with Crippen LogP contribution in [0.15, 0.2) is 35.3 Å². The van der Waals surface area contributed by atoms with E-state index in [0.29, 0.717) is 0 Å². The van der Waals surface area contributed by atoms with Gasteiger partial charge in [0.15, 0.2) is 5.96 Å². The summed E-state index contributed by atoms with van der Waals surface area (Å²) in [5.74, 6) is 2.47. The fraction of sp³-hybridized carbons (Fsp3) is 0.500. The first-order valence-corrected chi connectivity index (χ1v) is 8.18. The van der Waals surface area contributed by atoms with Crippen molar-refractivity contribution in [1.82, 2.24) is 15.2 Å². The Labute approximate surface area is 155 Å². The Hall–Kier alpha value is -1.24. The maximum atomic E-state index is 4.47. The number of hydrogen-bond acceptors (Lipinski definition) is 1. The van der Waals surface area contributed by atoms with Gasteiger partial charge in [0, 0.05) is 31.3 Å². The molecule has 1 aromatic carbocycles. The molecule has 1 fully saturated rings. The molecule has 0 bridgehead atoms. The fourth-order valence-electron chi connectivity index (χ4n) is 3.57. The van der Waals surface area contributed by atoms with Crippen LogP contribution in [0.3, 0.4) is 0 Å². The number of nitrogens with one attached hydrogen (secondary N) is 2. The first-order chi connectivity index (χ1) is 10.7. The van der Waals surface area contributed by atoms with Crippen LogP contribution in [-0.4, -0.2) is 36.0 Å². The van der Waals surface area contributed by atoms with Crippen molar-refractivity contribution >= 4 is 40.8 Å². The number of hydrogen-bond donors (Lipinski definition) is 2. The lowest BCUT2D eigenvalue weighted by atomic mass is 9.92. The number of aromatic amines is 1. The summed E-state index contributed by atoms with van der Waals surface area (Å²) in [6, 6.07) is 10.6. The second-order valence-corrected chi connectivity index (χ2v) is 6.63. The molecular weight excluding hydrogens is 399 g/mol. The lowest BCUT2D eigenvalue weighted by molar-refractivity contribution is 0.208. The van der Waals surface area contributed by atoms with Crippen LogP contribution in [0.25, 0.3) is 10.9 Å². The summed E-state index contributed by atoms with van der Waals surface area (Å²) in [4.78, 5) is 10.3. The van der Waals surface area contributed by atoms with Crippen molar-refractivity contribution in [2.75, 3.05) is 20.1 Å². The number of aliphatic imine (C=N–C) groups is 1. The van der Waals surface area contributed by atoms with E-state index < -0.39 is 0 Å². The molecule has 3 rings (SSSR count). The van der Waals surface area contributed by atoms with Gasteiger partial charge in [-0.25, -0.2) is 0 Å². The van der Waals surface area contributed by atoms with Gasteiger partial charge in [0.05, 0.1) is 6.54 Å². The molecule has 0 saturated carbocycles. The van der Waals surface area contributed by atoms with Crippen LogP contribution in [0.4, 0.5) is 0 Å². The van der Waals surface area contributed by atoms with Gasteiger partial charge in [-0.05, 0) is 35.8 Å². The number of H-pyrrole nitrogens is 1. The molecule has 5 heteroatoms. The standard InChI is InChI=1S/C18H26N4.HI/c1-13-8-14(2)12-22(11-13)18(19-3)20-10-16-9-15-6-4-5-7-17(15)21-16;/h4-7,9,13-14,21H,8,10-12H2,1-3H3,(H,19,20);1H. The number of benzene rings is 1. The third-order valence-electron chi connectivity index (χ3n) is 4.40. The highest BCUT2D eigenvalue weighted by Gasteiger charge is 2.23. The molecule has 2 aromatic rings. The Bertz CT molecular complexity index is 621. The zero-order valence-electron chi connectivity index (χ0n) is 14.2. The first kappa shape index (κ1) is 18.1. The second kappa shape index (κ2) is 8.04. The molecule has 126 valence electrons. The fourth-order valence-corrected chi connectivity index (χ4v) is 3.57. The van der Waals surface area contributed by atoms with Crippen LogP contribution >= 0.6 is 24.0 Å². The molecule has 2 unspecified atom stereocenters. The Kier molecular flexibility index (Phi) is 6.33. The van der Waals surface area contributed by atoms with Crippen molar-refractivity contribution in [3.8, 4) is 0 Å². The number of likely N-dealkylation sites (tertiary alicyclic amines) is 1. The Morgan fingerprint density at radius 2 is 1.96 bits per heavy atom. The highest BCUT2D eigenvalue weighted by Crippen LogP contribution is 2.21. The highest BCUT2D eigenvalue weighted by molar-refractivity contribution is 14.0. The van der Waals surface area contributed by atoms with Crippen LogP contribution < -0.4 is 5.32 Å². The average molecular weight is 426 g/mol. The molecular formula is C18H27IN4. The summed E-state index contributed by atoms with van der Waals surface area (Å²) in [7, 11) is 1.87. The molecule has 1 aliphatic rings. The van der Waals surface area contributed by atoms with E-state index in [4.69, 9.17) is 0 Å². The van der Waals surface area contributed by atoms with Gasteiger partial charge in [-0.1, -0.05) is 32.0 Å². The lowest BCUT2D eigenvalue weighted by Crippen LogP contribution is -2.48. The van der Waals surface area contributed by atoms with Gasteiger partial charge in [0.1, 0.15) is 0 Å². The van der Waals surface area contributed by atoms with E-state index in [0.717, 1.165) is 37.4 Å². The largest absolute Gasteiger partial charge is 0.357 e. The predicted molar refractivity (Wildman–Crippen MR) is 108 cm³/mol. The van der Waals surface area contributed by atoms with E-state index in [9.17, 15) is 0 Å². The molecule has 1 aliphatic heterocycles. The van der Waals surface area contributed by atoms with Gasteiger partial charge >= 0.3 is 0 Å². The monoisotopic (exact) mass is 426 g/mol. The molecule has 0 amide bonds. The maximum absolute atomic E-state index is 4.47. The quantitative estimate of drug-likeness (QED) is 0.436. The van der Waals surface area contributed by atoms with Gasteiger partial charge in [-0.15, -0.1) is 24.0 Å². The van der Waals surface area contributed by atoms with Crippen molar-refractivity contribution in [1.29, 1.82) is 0 Å². The number of aromatic nitrogens is 1. The molecule has 2 N–H and O–H groups in total. The topological polar surface area (TPSA) is 43.4 Å². The van der Waals surface area contributed by atoms with Gasteiger partial charge in [-0.3, -0.25) is 4.99 Å². The average Bonchev–Trinajstić information content (AvgIpc) is 2.89. The highest BCUT2D eigenvalue weighted by atomic mass is 127. The number of para-hydroxylation sites is 1. The van der Waals surface area contributed by atoms with Crippen LogP contribution in [0, 0.1) is 11.8 Å². The Morgan fingerprint density at radius 1 is 1.26 bits per heavy atom. The number of halogens is 1. The molecule has 1 aromatic heterocycles. The predicted octanol–water partition coefficient (Wildman–Crippen LogP) is 3.84. The van der Waals surface area contributed by atoms with Crippen molar-refractivity contribution in [2.24, 2.45) is 16.8 Å². The number of rotatable bonds is 2. The lowest BCUT2D eigenvalue weighted by Gasteiger charge is -2.37. The molecule has 2 atom stereocenters.